The maximum absolute atomic E-state index is 13.0. The van der Waals surface area contributed by atoms with E-state index in [0.717, 1.165) is 11.1 Å². The van der Waals surface area contributed by atoms with Crippen LogP contribution in [-0.4, -0.2) is 57.0 Å². The number of hydrogen-bond donors (Lipinski definition) is 6. The number of phenols is 2. The van der Waals surface area contributed by atoms with Gasteiger partial charge in [0, 0.05) is 25.9 Å². The van der Waals surface area contributed by atoms with Gasteiger partial charge < -0.3 is 40.7 Å². The molecule has 0 aromatic heterocycles. The number of oxime groups is 2. The Labute approximate surface area is 333 Å². The molecule has 266 valence electrons. The molecule has 7 rings (SSSR count). The minimum absolute atomic E-state index is 0.0147. The minimum Gasteiger partial charge on any atom is -0.503 e. The number of ether oxygens (including phenoxy) is 2. The molecule has 6 N–H and O–H groups in total. The summed E-state index contributed by atoms with van der Waals surface area (Å²) < 4.78 is 14.3. The molecule has 3 aliphatic heterocycles. The molecule has 4 aromatic carbocycles. The Morgan fingerprint density at radius 3 is 1.55 bits per heavy atom. The number of aromatic hydroxyl groups is 2. The molecule has 17 heteroatoms. The molecule has 8 bridgehead atoms. The number of nitrogens with one attached hydrogen (secondary N) is 2. The third kappa shape index (κ3) is 9.62. The molecule has 4 aromatic rings. The fraction of sp³-hybridized carbons (Fsp3) is 0.176. The minimum atomic E-state index is -0.615. The lowest BCUT2D eigenvalue weighted by molar-refractivity contribution is -0.115. The van der Waals surface area contributed by atoms with Crippen molar-refractivity contribution in [3.05, 3.63) is 99.2 Å². The standard InChI is InChI=1S/C34H27Br5N4O8/c35-20-7-16-1-2-27(20)50-28-14-17(8-21(36)30(28)44)4-6-41-34(47)26(43-49)13-19-9-22(37)31(45)29(15-19)51-32-23(38)10-18(11-24(32)39)12-25(42-48)33(46)40-5-3-16/h1-2,7-11,14-15,44-45,48-49H,3-6,12-13H2,(H,40,46)(H,41,47)/b42-25+,43-26+. The molecule has 51 heavy (non-hydrogen) atoms. The van der Waals surface area contributed by atoms with Crippen LogP contribution in [0.15, 0.2) is 87.3 Å². The molecular formula is C34H27Br5N4O8. The Morgan fingerprint density at radius 2 is 1.00 bits per heavy atom. The van der Waals surface area contributed by atoms with Gasteiger partial charge in [-0.1, -0.05) is 16.4 Å². The molecule has 0 spiro atoms. The summed E-state index contributed by atoms with van der Waals surface area (Å²) in [5, 5.41) is 52.9. The third-order valence-corrected chi connectivity index (χ3v) is 10.6. The lowest BCUT2D eigenvalue weighted by Gasteiger charge is -2.16. The van der Waals surface area contributed by atoms with Crippen molar-refractivity contribution in [2.75, 3.05) is 13.1 Å². The van der Waals surface area contributed by atoms with Gasteiger partial charge in [-0.3, -0.25) is 9.59 Å². The second-order valence-corrected chi connectivity index (χ2v) is 15.4. The summed E-state index contributed by atoms with van der Waals surface area (Å²) in [4.78, 5) is 26.0. The van der Waals surface area contributed by atoms with Crippen LogP contribution in [0.2, 0.25) is 0 Å². The van der Waals surface area contributed by atoms with Crippen molar-refractivity contribution < 1.29 is 39.7 Å². The number of carbonyl (C=O) groups is 2. The van der Waals surface area contributed by atoms with Crippen LogP contribution >= 0.6 is 79.6 Å². The molecule has 0 radical (unpaired) electrons. The zero-order valence-corrected chi connectivity index (χ0v) is 34.1. The fourth-order valence-electron chi connectivity index (χ4n) is 5.03. The summed E-state index contributed by atoms with van der Waals surface area (Å²) in [5.41, 5.74) is 2.39. The summed E-state index contributed by atoms with van der Waals surface area (Å²) in [5.74, 6) is -0.563. The number of halogens is 5. The summed E-state index contributed by atoms with van der Waals surface area (Å²) in [7, 11) is 0. The van der Waals surface area contributed by atoms with E-state index in [2.05, 4.69) is 101 Å². The zero-order valence-electron chi connectivity index (χ0n) is 26.1. The number of hydrogen-bond acceptors (Lipinski definition) is 10. The topological polar surface area (TPSA) is 182 Å². The van der Waals surface area contributed by atoms with Crippen LogP contribution in [-0.2, 0) is 35.3 Å². The van der Waals surface area contributed by atoms with Gasteiger partial charge in [-0.05, 0) is 163 Å². The number of benzene rings is 4. The maximum atomic E-state index is 13.0. The van der Waals surface area contributed by atoms with E-state index in [1.54, 1.807) is 36.4 Å². The molecule has 0 aliphatic carbocycles. The Bertz CT molecular complexity index is 2050. The Kier molecular flexibility index (Phi) is 13.1. The Morgan fingerprint density at radius 1 is 0.549 bits per heavy atom. The van der Waals surface area contributed by atoms with E-state index in [9.17, 15) is 30.2 Å². The maximum Gasteiger partial charge on any atom is 0.269 e. The highest BCUT2D eigenvalue weighted by molar-refractivity contribution is 9.11. The van der Waals surface area contributed by atoms with Crippen molar-refractivity contribution in [1.82, 2.24) is 10.6 Å². The Hall–Kier alpha value is -3.64. The zero-order chi connectivity index (χ0) is 36.8. The average molecular weight is 1020 g/mol. The van der Waals surface area contributed by atoms with E-state index in [0.29, 0.717) is 53.4 Å². The summed E-state index contributed by atoms with van der Waals surface area (Å²) >= 11 is 17.2. The SMILES string of the molecule is O=C1NCCc2ccc(c(Br)c2)Oc2cc(cc(Br)c2O)CCNC(=O)/C(=N/O)Cc2cc(Br)c(O)c(c2)Oc2c(Br)cc(cc2Br)C/C1=N\O. The highest BCUT2D eigenvalue weighted by atomic mass is 79.9. The van der Waals surface area contributed by atoms with Gasteiger partial charge in [0.15, 0.2) is 28.7 Å². The van der Waals surface area contributed by atoms with Crippen molar-refractivity contribution in [1.29, 1.82) is 0 Å². The monoisotopic (exact) mass is 1010 g/mol. The van der Waals surface area contributed by atoms with Gasteiger partial charge in [-0.2, -0.15) is 0 Å². The average Bonchev–Trinajstić information content (AvgIpc) is 3.08. The third-order valence-electron chi connectivity index (χ3n) is 7.57. The van der Waals surface area contributed by atoms with E-state index in [-0.39, 0.29) is 64.8 Å². The number of nitrogens with zero attached hydrogens (tertiary/aromatic N) is 2. The highest BCUT2D eigenvalue weighted by Crippen LogP contribution is 2.44. The first-order valence-electron chi connectivity index (χ1n) is 15.0. The molecule has 3 aliphatic rings. The largest absolute Gasteiger partial charge is 0.503 e. The number of rotatable bonds is 0. The molecule has 12 nitrogen and oxygen atoms in total. The molecule has 3 heterocycles. The van der Waals surface area contributed by atoms with Crippen LogP contribution in [0.5, 0.6) is 34.5 Å². The quantitative estimate of drug-likeness (QED) is 0.0752. The molecule has 0 atom stereocenters. The van der Waals surface area contributed by atoms with Crippen LogP contribution in [0.3, 0.4) is 0 Å². The van der Waals surface area contributed by atoms with Gasteiger partial charge in [0.2, 0.25) is 0 Å². The second kappa shape index (κ2) is 17.3. The summed E-state index contributed by atoms with van der Waals surface area (Å²) in [6.45, 7) is 0.418. The fourth-order valence-corrected chi connectivity index (χ4v) is 7.96. The summed E-state index contributed by atoms with van der Waals surface area (Å²) in [6, 6.07) is 15.2. The molecule has 0 saturated carbocycles. The van der Waals surface area contributed by atoms with Crippen molar-refractivity contribution >= 4 is 103 Å². The summed E-state index contributed by atoms with van der Waals surface area (Å²) in [6.07, 6.45) is 0.677. The predicted molar refractivity (Wildman–Crippen MR) is 207 cm³/mol. The van der Waals surface area contributed by atoms with Crippen LogP contribution in [0.4, 0.5) is 0 Å². The van der Waals surface area contributed by atoms with E-state index >= 15 is 0 Å². The molecule has 0 unspecified atom stereocenters. The first kappa shape index (κ1) is 38.6. The molecule has 0 fully saturated rings. The van der Waals surface area contributed by atoms with E-state index < -0.39 is 11.8 Å². The van der Waals surface area contributed by atoms with Gasteiger partial charge in [-0.15, -0.1) is 0 Å². The van der Waals surface area contributed by atoms with Crippen molar-refractivity contribution in [2.45, 2.75) is 25.7 Å². The first-order chi connectivity index (χ1) is 24.4. The molecule has 2 amide bonds. The van der Waals surface area contributed by atoms with Crippen LogP contribution < -0.4 is 20.1 Å². The number of amides is 2. The van der Waals surface area contributed by atoms with E-state index in [1.165, 1.54) is 6.07 Å². The smallest absolute Gasteiger partial charge is 0.269 e. The van der Waals surface area contributed by atoms with Gasteiger partial charge >= 0.3 is 0 Å². The van der Waals surface area contributed by atoms with Gasteiger partial charge in [0.25, 0.3) is 11.8 Å². The van der Waals surface area contributed by atoms with Gasteiger partial charge in [-0.25, -0.2) is 0 Å². The number of carbonyl (C=O) groups excluding carboxylic acids is 2. The molecular weight excluding hydrogens is 992 g/mol. The van der Waals surface area contributed by atoms with Crippen molar-refractivity contribution in [3.63, 3.8) is 0 Å². The predicted octanol–water partition coefficient (Wildman–Crippen LogP) is 8.27. The normalized spacial score (nSPS) is 16.2. The second-order valence-electron chi connectivity index (χ2n) is 11.2. The van der Waals surface area contributed by atoms with E-state index in [4.69, 9.17) is 9.47 Å². The lowest BCUT2D eigenvalue weighted by atomic mass is 10.1. The lowest BCUT2D eigenvalue weighted by Crippen LogP contribution is -2.33. The van der Waals surface area contributed by atoms with E-state index in [1.807, 2.05) is 12.1 Å². The van der Waals surface area contributed by atoms with Gasteiger partial charge in [0.05, 0.1) is 22.4 Å². The van der Waals surface area contributed by atoms with Gasteiger partial charge in [0.1, 0.15) is 17.2 Å². The van der Waals surface area contributed by atoms with Crippen molar-refractivity contribution in [3.8, 4) is 34.5 Å². The first-order valence-corrected chi connectivity index (χ1v) is 19.0. The number of phenolic OH excluding ortho intramolecular Hbond substituents is 2. The Balaban J connectivity index is 1.47. The highest BCUT2D eigenvalue weighted by Gasteiger charge is 2.21. The molecule has 0 saturated heterocycles. The van der Waals surface area contributed by atoms with Crippen LogP contribution in [0.1, 0.15) is 22.3 Å². The van der Waals surface area contributed by atoms with Crippen LogP contribution in [0, 0.1) is 0 Å². The van der Waals surface area contributed by atoms with Crippen molar-refractivity contribution in [2.24, 2.45) is 10.3 Å². The number of fused-ring (bicyclic) bond motifs is 2. The van der Waals surface area contributed by atoms with Crippen LogP contribution in [0.25, 0.3) is 0 Å².